The van der Waals surface area contributed by atoms with Gasteiger partial charge in [-0.3, -0.25) is 0 Å². The minimum absolute atomic E-state index is 0.00529. The summed E-state index contributed by atoms with van der Waals surface area (Å²) in [6, 6.07) is 18.7. The molecule has 0 aliphatic heterocycles. The maximum absolute atomic E-state index is 13.2. The molecule has 2 amide bonds. The van der Waals surface area contributed by atoms with Crippen LogP contribution in [-0.2, 0) is 37.3 Å². The van der Waals surface area contributed by atoms with E-state index in [0.29, 0.717) is 34.0 Å². The predicted molar refractivity (Wildman–Crippen MR) is 190 cm³/mol. The molecule has 0 saturated carbocycles. The van der Waals surface area contributed by atoms with Crippen LogP contribution in [0.3, 0.4) is 0 Å². The number of benzene rings is 3. The van der Waals surface area contributed by atoms with Crippen LogP contribution in [0.5, 0.6) is 0 Å². The summed E-state index contributed by atoms with van der Waals surface area (Å²) in [6.45, 7) is 10.4. The largest absolute Gasteiger partial charge is 0.479 e. The van der Waals surface area contributed by atoms with E-state index in [2.05, 4.69) is 15.0 Å². The van der Waals surface area contributed by atoms with Crippen LogP contribution >= 0.6 is 0 Å². The number of rotatable bonds is 11. The first-order valence-corrected chi connectivity index (χ1v) is 17.4. The SMILES string of the molecule is CC(C)(C)OC(=O)N(C(=O)OC(C)(C)C)c1nccc2cc(NC(C(=O)O)c3ccc(CCNS(=O)(=O)c4cccc(CN)c4)cc3)ccc12. The van der Waals surface area contributed by atoms with Gasteiger partial charge in [-0.2, -0.15) is 4.90 Å². The van der Waals surface area contributed by atoms with Crippen LogP contribution < -0.4 is 20.7 Å². The fourth-order valence-corrected chi connectivity index (χ4v) is 5.98. The minimum Gasteiger partial charge on any atom is -0.479 e. The van der Waals surface area contributed by atoms with E-state index < -0.39 is 45.4 Å². The highest BCUT2D eigenvalue weighted by atomic mass is 32.2. The fourth-order valence-electron chi connectivity index (χ4n) is 4.88. The minimum atomic E-state index is -3.72. The number of hydrogen-bond donors (Lipinski definition) is 4. The number of carbonyl (C=O) groups is 3. The molecule has 0 radical (unpaired) electrons. The van der Waals surface area contributed by atoms with Gasteiger partial charge in [0.1, 0.15) is 11.2 Å². The van der Waals surface area contributed by atoms with Crippen molar-refractivity contribution in [2.75, 3.05) is 16.8 Å². The fraction of sp³-hybridized carbons (Fsp3) is 0.333. The molecule has 4 rings (SSSR count). The Balaban J connectivity index is 1.52. The number of nitrogens with zero attached hydrogens (tertiary/aromatic N) is 2. The standard InChI is InChI=1S/C36H43N5O8S/c1-35(2,3)48-33(44)41(34(45)49-36(4,5)6)31-29-15-14-27(21-26(29)17-18-38-31)40-30(32(42)43)25-12-10-23(11-13-25)16-19-39-50(46,47)28-9-7-8-24(20-28)22-37/h7-15,17-18,20-21,30,39-40H,16,19,22,37H2,1-6H3,(H,42,43). The molecule has 50 heavy (non-hydrogen) atoms. The number of carbonyl (C=O) groups excluding carboxylic acids is 2. The second-order valence-corrected chi connectivity index (χ2v) is 15.3. The highest BCUT2D eigenvalue weighted by molar-refractivity contribution is 7.89. The van der Waals surface area contributed by atoms with Crippen molar-refractivity contribution in [2.45, 2.75) is 76.6 Å². The first-order chi connectivity index (χ1) is 23.4. The maximum atomic E-state index is 13.2. The smallest absolute Gasteiger partial charge is 0.425 e. The quantitative estimate of drug-likeness (QED) is 0.140. The molecule has 1 heterocycles. The second kappa shape index (κ2) is 15.2. The Kier molecular flexibility index (Phi) is 11.5. The number of amides is 2. The average molecular weight is 706 g/mol. The van der Waals surface area contributed by atoms with Crippen molar-refractivity contribution in [3.63, 3.8) is 0 Å². The van der Waals surface area contributed by atoms with E-state index in [9.17, 15) is 27.9 Å². The molecule has 266 valence electrons. The van der Waals surface area contributed by atoms with E-state index >= 15 is 0 Å². The highest BCUT2D eigenvalue weighted by Gasteiger charge is 2.34. The molecule has 1 unspecified atom stereocenters. The Bertz CT molecular complexity index is 1940. The number of nitrogens with one attached hydrogen (secondary N) is 2. The van der Waals surface area contributed by atoms with Crippen molar-refractivity contribution in [3.05, 3.63) is 95.7 Å². The van der Waals surface area contributed by atoms with Crippen molar-refractivity contribution in [1.82, 2.24) is 9.71 Å². The van der Waals surface area contributed by atoms with Gasteiger partial charge < -0.3 is 25.6 Å². The van der Waals surface area contributed by atoms with Crippen LogP contribution in [-0.4, -0.2) is 54.4 Å². The summed E-state index contributed by atoms with van der Waals surface area (Å²) < 4.78 is 39.0. The van der Waals surface area contributed by atoms with Crippen molar-refractivity contribution >= 4 is 50.5 Å². The maximum Gasteiger partial charge on any atom is 0.425 e. The van der Waals surface area contributed by atoms with Gasteiger partial charge in [-0.1, -0.05) is 36.4 Å². The first-order valence-electron chi connectivity index (χ1n) is 15.9. The van der Waals surface area contributed by atoms with Gasteiger partial charge in [-0.05, 0) is 106 Å². The Morgan fingerprint density at radius 2 is 1.52 bits per heavy atom. The summed E-state index contributed by atoms with van der Waals surface area (Å²) in [5, 5.41) is 14.1. The lowest BCUT2D eigenvalue weighted by Crippen LogP contribution is -2.44. The number of ether oxygens (including phenoxy) is 2. The number of fused-ring (bicyclic) bond motifs is 1. The number of carboxylic acids is 1. The molecule has 0 spiro atoms. The number of sulfonamides is 1. The third-order valence-electron chi connectivity index (χ3n) is 7.13. The molecule has 5 N–H and O–H groups in total. The van der Waals surface area contributed by atoms with Crippen molar-refractivity contribution < 1.29 is 37.4 Å². The van der Waals surface area contributed by atoms with E-state index in [4.69, 9.17) is 15.2 Å². The lowest BCUT2D eigenvalue weighted by atomic mass is 10.0. The number of hydrogen-bond acceptors (Lipinski definition) is 10. The zero-order valence-electron chi connectivity index (χ0n) is 28.9. The topological polar surface area (TPSA) is 190 Å². The number of aromatic nitrogens is 1. The number of carboxylic acid groups (broad SMARTS) is 1. The first kappa shape index (κ1) is 37.8. The van der Waals surface area contributed by atoms with E-state index in [1.165, 1.54) is 18.3 Å². The van der Waals surface area contributed by atoms with Gasteiger partial charge in [0.05, 0.1) is 4.90 Å². The van der Waals surface area contributed by atoms with Gasteiger partial charge in [0.2, 0.25) is 10.0 Å². The molecule has 0 fully saturated rings. The number of aliphatic carboxylic acids is 1. The highest BCUT2D eigenvalue weighted by Crippen LogP contribution is 2.31. The summed E-state index contributed by atoms with van der Waals surface area (Å²) in [6.07, 6.45) is -0.115. The van der Waals surface area contributed by atoms with Crippen LogP contribution in [0.15, 0.2) is 83.9 Å². The van der Waals surface area contributed by atoms with Gasteiger partial charge in [-0.15, -0.1) is 0 Å². The number of imide groups is 1. The van der Waals surface area contributed by atoms with E-state index in [1.807, 2.05) is 0 Å². The number of nitrogens with two attached hydrogens (primary N) is 1. The van der Waals surface area contributed by atoms with Crippen LogP contribution in [0.2, 0.25) is 0 Å². The van der Waals surface area contributed by atoms with Crippen LogP contribution in [0, 0.1) is 0 Å². The molecule has 14 heteroatoms. The van der Waals surface area contributed by atoms with Gasteiger partial charge in [-0.25, -0.2) is 32.5 Å². The van der Waals surface area contributed by atoms with Crippen molar-refractivity contribution in [3.8, 4) is 0 Å². The third-order valence-corrected chi connectivity index (χ3v) is 8.59. The lowest BCUT2D eigenvalue weighted by molar-refractivity contribution is -0.138. The Morgan fingerprint density at radius 3 is 2.10 bits per heavy atom. The van der Waals surface area contributed by atoms with Crippen LogP contribution in [0.4, 0.5) is 21.1 Å². The third kappa shape index (κ3) is 10.00. The zero-order chi connectivity index (χ0) is 36.9. The van der Waals surface area contributed by atoms with Crippen LogP contribution in [0.1, 0.15) is 64.3 Å². The van der Waals surface area contributed by atoms with E-state index in [1.54, 1.807) is 102 Å². The number of pyridine rings is 1. The summed E-state index contributed by atoms with van der Waals surface area (Å²) in [5.41, 5.74) is 6.26. The molecular formula is C36H43N5O8S. The van der Waals surface area contributed by atoms with Gasteiger partial charge in [0.15, 0.2) is 11.9 Å². The summed E-state index contributed by atoms with van der Waals surface area (Å²) in [7, 11) is -3.72. The molecular weight excluding hydrogens is 662 g/mol. The molecule has 0 saturated heterocycles. The summed E-state index contributed by atoms with van der Waals surface area (Å²) >= 11 is 0. The molecule has 1 atom stereocenters. The Morgan fingerprint density at radius 1 is 0.880 bits per heavy atom. The van der Waals surface area contributed by atoms with Crippen LogP contribution in [0.25, 0.3) is 10.8 Å². The van der Waals surface area contributed by atoms with Gasteiger partial charge in [0, 0.05) is 30.4 Å². The zero-order valence-corrected chi connectivity index (χ0v) is 29.7. The molecule has 3 aromatic carbocycles. The Hall–Kier alpha value is -5.05. The monoisotopic (exact) mass is 705 g/mol. The molecule has 1 aromatic heterocycles. The van der Waals surface area contributed by atoms with E-state index in [0.717, 1.165) is 10.5 Å². The molecule has 4 aromatic rings. The van der Waals surface area contributed by atoms with Gasteiger partial charge >= 0.3 is 18.2 Å². The van der Waals surface area contributed by atoms with Crippen molar-refractivity contribution in [1.29, 1.82) is 0 Å². The molecule has 0 aliphatic rings. The summed E-state index contributed by atoms with van der Waals surface area (Å²) in [4.78, 5) is 44.0. The van der Waals surface area contributed by atoms with E-state index in [-0.39, 0.29) is 23.8 Å². The normalized spacial score (nSPS) is 12.6. The summed E-state index contributed by atoms with van der Waals surface area (Å²) in [5.74, 6) is -1.13. The average Bonchev–Trinajstić information content (AvgIpc) is 3.02. The second-order valence-electron chi connectivity index (χ2n) is 13.5. The molecule has 0 bridgehead atoms. The molecule has 13 nitrogen and oxygen atoms in total. The molecule has 0 aliphatic carbocycles. The number of anilines is 2. The predicted octanol–water partition coefficient (Wildman–Crippen LogP) is 6.13. The van der Waals surface area contributed by atoms with Gasteiger partial charge in [0.25, 0.3) is 0 Å². The Labute approximate surface area is 291 Å². The van der Waals surface area contributed by atoms with Crippen molar-refractivity contribution in [2.24, 2.45) is 5.73 Å². The lowest BCUT2D eigenvalue weighted by Gasteiger charge is -2.28.